The maximum absolute atomic E-state index is 5.66. The Hall–Kier alpha value is -1.55. The SMILES string of the molecule is COC[C@@H](C)N(C)c1nc2ccccc2o1. The first kappa shape index (κ1) is 11.0. The van der Waals surface area contributed by atoms with Crippen molar-refractivity contribution < 1.29 is 9.15 Å². The summed E-state index contributed by atoms with van der Waals surface area (Å²) in [4.78, 5) is 6.40. The highest BCUT2D eigenvalue weighted by Gasteiger charge is 2.15. The van der Waals surface area contributed by atoms with E-state index in [4.69, 9.17) is 9.15 Å². The lowest BCUT2D eigenvalue weighted by atomic mass is 10.3. The van der Waals surface area contributed by atoms with Crippen LogP contribution in [-0.4, -0.2) is 31.8 Å². The minimum atomic E-state index is 0.234. The van der Waals surface area contributed by atoms with Gasteiger partial charge in [-0.25, -0.2) is 0 Å². The van der Waals surface area contributed by atoms with Crippen molar-refractivity contribution in [1.29, 1.82) is 0 Å². The van der Waals surface area contributed by atoms with Gasteiger partial charge in [0.2, 0.25) is 0 Å². The zero-order valence-electron chi connectivity index (χ0n) is 9.80. The van der Waals surface area contributed by atoms with Crippen LogP contribution in [0.1, 0.15) is 6.92 Å². The summed E-state index contributed by atoms with van der Waals surface area (Å²) < 4.78 is 10.8. The van der Waals surface area contributed by atoms with Crippen LogP contribution in [0, 0.1) is 0 Å². The van der Waals surface area contributed by atoms with Crippen molar-refractivity contribution in [1.82, 2.24) is 4.98 Å². The molecule has 0 aliphatic heterocycles. The quantitative estimate of drug-likeness (QED) is 0.792. The molecule has 2 aromatic rings. The van der Waals surface area contributed by atoms with E-state index in [2.05, 4.69) is 11.9 Å². The summed E-state index contributed by atoms with van der Waals surface area (Å²) in [7, 11) is 3.64. The summed E-state index contributed by atoms with van der Waals surface area (Å²) in [6.45, 7) is 2.72. The maximum atomic E-state index is 5.66. The molecule has 1 aromatic carbocycles. The molecule has 0 unspecified atom stereocenters. The van der Waals surface area contributed by atoms with Crippen LogP contribution in [-0.2, 0) is 4.74 Å². The fourth-order valence-electron chi connectivity index (χ4n) is 1.55. The summed E-state index contributed by atoms with van der Waals surface area (Å²) in [5.74, 6) is 0. The van der Waals surface area contributed by atoms with Gasteiger partial charge in [-0.05, 0) is 19.1 Å². The minimum Gasteiger partial charge on any atom is -0.423 e. The molecule has 0 spiro atoms. The van der Waals surface area contributed by atoms with Crippen LogP contribution >= 0.6 is 0 Å². The van der Waals surface area contributed by atoms with Crippen molar-refractivity contribution in [3.63, 3.8) is 0 Å². The molecule has 0 aliphatic rings. The molecule has 0 saturated carbocycles. The number of oxazole rings is 1. The van der Waals surface area contributed by atoms with E-state index >= 15 is 0 Å². The topological polar surface area (TPSA) is 38.5 Å². The highest BCUT2D eigenvalue weighted by Crippen LogP contribution is 2.21. The first-order valence-corrected chi connectivity index (χ1v) is 5.29. The Kier molecular flexibility index (Phi) is 3.10. The number of para-hydroxylation sites is 2. The molecule has 0 aliphatic carbocycles. The summed E-state index contributed by atoms with van der Waals surface area (Å²) in [6.07, 6.45) is 0. The van der Waals surface area contributed by atoms with Crippen molar-refractivity contribution >= 4 is 17.1 Å². The molecule has 1 aromatic heterocycles. The number of nitrogens with zero attached hydrogens (tertiary/aromatic N) is 2. The molecule has 2 rings (SSSR count). The van der Waals surface area contributed by atoms with Gasteiger partial charge in [0.05, 0.1) is 12.6 Å². The lowest BCUT2D eigenvalue weighted by Crippen LogP contribution is -2.32. The molecular weight excluding hydrogens is 204 g/mol. The summed E-state index contributed by atoms with van der Waals surface area (Å²) in [5, 5.41) is 0. The van der Waals surface area contributed by atoms with Crippen molar-refractivity contribution in [2.45, 2.75) is 13.0 Å². The molecule has 1 atom stereocenters. The molecule has 0 N–H and O–H groups in total. The van der Waals surface area contributed by atoms with E-state index in [1.807, 2.05) is 36.2 Å². The van der Waals surface area contributed by atoms with Gasteiger partial charge < -0.3 is 14.1 Å². The number of rotatable bonds is 4. The zero-order chi connectivity index (χ0) is 11.5. The summed E-state index contributed by atoms with van der Waals surface area (Å²) in [6, 6.07) is 8.62. The number of fused-ring (bicyclic) bond motifs is 1. The fraction of sp³-hybridized carbons (Fsp3) is 0.417. The predicted octanol–water partition coefficient (Wildman–Crippen LogP) is 2.30. The van der Waals surface area contributed by atoms with Crippen LogP contribution in [0.3, 0.4) is 0 Å². The Morgan fingerprint density at radius 2 is 2.19 bits per heavy atom. The zero-order valence-corrected chi connectivity index (χ0v) is 9.80. The molecule has 0 bridgehead atoms. The Morgan fingerprint density at radius 1 is 1.44 bits per heavy atom. The van der Waals surface area contributed by atoms with E-state index in [1.165, 1.54) is 0 Å². The number of hydrogen-bond donors (Lipinski definition) is 0. The van der Waals surface area contributed by atoms with Crippen LogP contribution in [0.15, 0.2) is 28.7 Å². The van der Waals surface area contributed by atoms with Gasteiger partial charge in [0.1, 0.15) is 5.52 Å². The fourth-order valence-corrected chi connectivity index (χ4v) is 1.55. The number of aromatic nitrogens is 1. The second kappa shape index (κ2) is 4.53. The van der Waals surface area contributed by atoms with Gasteiger partial charge in [0.25, 0.3) is 6.01 Å². The van der Waals surface area contributed by atoms with Crippen LogP contribution in [0.5, 0.6) is 0 Å². The number of benzene rings is 1. The Balaban J connectivity index is 2.26. The smallest absolute Gasteiger partial charge is 0.298 e. The number of likely N-dealkylation sites (N-methyl/N-ethyl adjacent to an activating group) is 1. The van der Waals surface area contributed by atoms with E-state index in [0.717, 1.165) is 11.1 Å². The van der Waals surface area contributed by atoms with Gasteiger partial charge in [0.15, 0.2) is 5.58 Å². The average molecular weight is 220 g/mol. The highest BCUT2D eigenvalue weighted by atomic mass is 16.5. The van der Waals surface area contributed by atoms with Gasteiger partial charge in [-0.3, -0.25) is 0 Å². The normalized spacial score (nSPS) is 12.9. The largest absolute Gasteiger partial charge is 0.423 e. The summed E-state index contributed by atoms with van der Waals surface area (Å²) >= 11 is 0. The molecule has 1 heterocycles. The number of anilines is 1. The Bertz CT molecular complexity index is 434. The molecule has 0 radical (unpaired) electrons. The van der Waals surface area contributed by atoms with E-state index in [9.17, 15) is 0 Å². The van der Waals surface area contributed by atoms with Crippen molar-refractivity contribution in [2.75, 3.05) is 25.7 Å². The maximum Gasteiger partial charge on any atom is 0.298 e. The lowest BCUT2D eigenvalue weighted by molar-refractivity contribution is 0.182. The van der Waals surface area contributed by atoms with Crippen molar-refractivity contribution in [3.8, 4) is 0 Å². The third-order valence-electron chi connectivity index (χ3n) is 2.65. The van der Waals surface area contributed by atoms with Crippen molar-refractivity contribution in [2.24, 2.45) is 0 Å². The second-order valence-corrected chi connectivity index (χ2v) is 3.88. The van der Waals surface area contributed by atoms with Crippen LogP contribution in [0.2, 0.25) is 0 Å². The first-order chi connectivity index (χ1) is 7.72. The van der Waals surface area contributed by atoms with Gasteiger partial charge in [-0.2, -0.15) is 4.98 Å². The minimum absolute atomic E-state index is 0.234. The lowest BCUT2D eigenvalue weighted by Gasteiger charge is -2.21. The monoisotopic (exact) mass is 220 g/mol. The van der Waals surface area contributed by atoms with Gasteiger partial charge >= 0.3 is 0 Å². The molecule has 4 heteroatoms. The molecule has 0 fully saturated rings. The molecule has 86 valence electrons. The average Bonchev–Trinajstić information content (AvgIpc) is 2.71. The molecule has 4 nitrogen and oxygen atoms in total. The molecular formula is C12H16N2O2. The van der Waals surface area contributed by atoms with Crippen LogP contribution in [0.4, 0.5) is 6.01 Å². The third-order valence-corrected chi connectivity index (χ3v) is 2.65. The van der Waals surface area contributed by atoms with E-state index in [1.54, 1.807) is 7.11 Å². The standard InChI is InChI=1S/C12H16N2O2/c1-9(8-15-3)14(2)12-13-10-6-4-5-7-11(10)16-12/h4-7,9H,8H2,1-3H3/t9-/m1/s1. The highest BCUT2D eigenvalue weighted by molar-refractivity contribution is 5.74. The van der Waals surface area contributed by atoms with Crippen molar-refractivity contribution in [3.05, 3.63) is 24.3 Å². The third kappa shape index (κ3) is 2.02. The number of ether oxygens (including phenoxy) is 1. The first-order valence-electron chi connectivity index (χ1n) is 5.29. The van der Waals surface area contributed by atoms with E-state index in [0.29, 0.717) is 12.6 Å². The number of methoxy groups -OCH3 is 1. The molecule has 0 saturated heterocycles. The van der Waals surface area contributed by atoms with Gasteiger partial charge in [-0.1, -0.05) is 12.1 Å². The van der Waals surface area contributed by atoms with E-state index in [-0.39, 0.29) is 6.04 Å². The van der Waals surface area contributed by atoms with Gasteiger partial charge in [-0.15, -0.1) is 0 Å². The van der Waals surface area contributed by atoms with Gasteiger partial charge in [0, 0.05) is 14.2 Å². The number of hydrogen-bond acceptors (Lipinski definition) is 4. The Labute approximate surface area is 94.8 Å². The van der Waals surface area contributed by atoms with E-state index < -0.39 is 0 Å². The second-order valence-electron chi connectivity index (χ2n) is 3.88. The summed E-state index contributed by atoms with van der Waals surface area (Å²) in [5.41, 5.74) is 1.70. The van der Waals surface area contributed by atoms with Crippen LogP contribution < -0.4 is 4.90 Å². The molecule has 0 amide bonds. The van der Waals surface area contributed by atoms with Crippen LogP contribution in [0.25, 0.3) is 11.1 Å². The Morgan fingerprint density at radius 3 is 2.88 bits per heavy atom. The predicted molar refractivity (Wildman–Crippen MR) is 63.8 cm³/mol. The molecule has 16 heavy (non-hydrogen) atoms.